The van der Waals surface area contributed by atoms with Crippen LogP contribution in [0.4, 0.5) is 0 Å². The van der Waals surface area contributed by atoms with Gasteiger partial charge in [0, 0.05) is 11.1 Å². The molecule has 0 radical (unpaired) electrons. The van der Waals surface area contributed by atoms with Gasteiger partial charge in [-0.2, -0.15) is 0 Å². The van der Waals surface area contributed by atoms with Gasteiger partial charge in [0.2, 0.25) is 0 Å². The number of hydrogen-bond acceptors (Lipinski definition) is 3. The number of amides is 1. The number of piperazine rings is 1. The SMILES string of the molecule is CC(C)(O)C#Cc1ccc(C(=O)N2CC[NH+](C(c3ccccc3)c3ccccc3)CC2)s1. The predicted octanol–water partition coefficient (Wildman–Crippen LogP) is 3.00. The van der Waals surface area contributed by atoms with Crippen molar-refractivity contribution in [1.29, 1.82) is 0 Å². The Morgan fingerprint density at radius 3 is 2.06 bits per heavy atom. The highest BCUT2D eigenvalue weighted by Gasteiger charge is 2.32. The first-order chi connectivity index (χ1) is 15.4. The molecule has 4 nitrogen and oxygen atoms in total. The Hall–Kier alpha value is -2.91. The molecule has 1 fully saturated rings. The smallest absolute Gasteiger partial charge is 0.264 e. The van der Waals surface area contributed by atoms with Crippen LogP contribution < -0.4 is 4.90 Å². The van der Waals surface area contributed by atoms with Gasteiger partial charge in [-0.25, -0.2) is 0 Å². The topological polar surface area (TPSA) is 45.0 Å². The van der Waals surface area contributed by atoms with Crippen LogP contribution in [0.25, 0.3) is 0 Å². The molecule has 0 saturated carbocycles. The van der Waals surface area contributed by atoms with Gasteiger partial charge in [0.05, 0.1) is 35.9 Å². The summed E-state index contributed by atoms with van der Waals surface area (Å²) in [5, 5.41) is 9.79. The maximum absolute atomic E-state index is 13.1. The lowest BCUT2D eigenvalue weighted by Crippen LogP contribution is -3.15. The van der Waals surface area contributed by atoms with Crippen molar-refractivity contribution in [2.75, 3.05) is 26.2 Å². The van der Waals surface area contributed by atoms with E-state index in [1.165, 1.54) is 27.4 Å². The second-order valence-corrected chi connectivity index (χ2v) is 9.76. The standard InChI is InChI=1S/C27H28N2O2S/c1-27(2,31)16-15-23-13-14-24(32-23)26(30)29-19-17-28(18-20-29)25(21-9-5-3-6-10-21)22-11-7-4-8-12-22/h3-14,25,31H,17-20H2,1-2H3/p+1. The van der Waals surface area contributed by atoms with E-state index in [1.54, 1.807) is 13.8 Å². The highest BCUT2D eigenvalue weighted by Crippen LogP contribution is 2.21. The van der Waals surface area contributed by atoms with Crippen molar-refractivity contribution in [2.45, 2.75) is 25.5 Å². The molecule has 0 unspecified atom stereocenters. The normalized spacial score (nSPS) is 14.8. The number of nitrogens with zero attached hydrogens (tertiary/aromatic N) is 1. The zero-order valence-electron chi connectivity index (χ0n) is 18.5. The van der Waals surface area contributed by atoms with E-state index >= 15 is 0 Å². The first-order valence-electron chi connectivity index (χ1n) is 11.0. The summed E-state index contributed by atoms with van der Waals surface area (Å²) in [5.41, 5.74) is 1.57. The summed E-state index contributed by atoms with van der Waals surface area (Å²) >= 11 is 1.39. The molecule has 2 heterocycles. The molecule has 1 aromatic heterocycles. The number of rotatable bonds is 4. The molecule has 5 heteroatoms. The lowest BCUT2D eigenvalue weighted by molar-refractivity contribution is -0.929. The summed E-state index contributed by atoms with van der Waals surface area (Å²) in [4.78, 5) is 18.0. The molecule has 3 aromatic rings. The lowest BCUT2D eigenvalue weighted by atomic mass is 9.96. The molecule has 32 heavy (non-hydrogen) atoms. The average Bonchev–Trinajstić information content (AvgIpc) is 3.28. The maximum Gasteiger partial charge on any atom is 0.264 e. The number of benzene rings is 2. The monoisotopic (exact) mass is 445 g/mol. The fourth-order valence-corrected chi connectivity index (χ4v) is 4.96. The minimum Gasteiger partial charge on any atom is -0.378 e. The molecule has 4 rings (SSSR count). The molecule has 2 aromatic carbocycles. The second-order valence-electron chi connectivity index (χ2n) is 8.68. The van der Waals surface area contributed by atoms with Crippen LogP contribution in [0.1, 0.15) is 45.6 Å². The molecule has 1 amide bonds. The summed E-state index contributed by atoms with van der Waals surface area (Å²) < 4.78 is 0. The van der Waals surface area contributed by atoms with Crippen molar-refractivity contribution >= 4 is 17.2 Å². The van der Waals surface area contributed by atoms with Gasteiger partial charge in [0.25, 0.3) is 5.91 Å². The number of hydrogen-bond donors (Lipinski definition) is 2. The molecule has 0 spiro atoms. The fraction of sp³-hybridized carbons (Fsp3) is 0.296. The summed E-state index contributed by atoms with van der Waals surface area (Å²) in [5.74, 6) is 5.84. The van der Waals surface area contributed by atoms with Crippen LogP contribution >= 0.6 is 11.3 Å². The third-order valence-electron chi connectivity index (χ3n) is 5.68. The highest BCUT2D eigenvalue weighted by atomic mass is 32.1. The Labute approximate surface area is 194 Å². The fourth-order valence-electron chi connectivity index (χ4n) is 4.13. The van der Waals surface area contributed by atoms with Gasteiger partial charge in [-0.3, -0.25) is 4.79 Å². The van der Waals surface area contributed by atoms with E-state index in [0.29, 0.717) is 4.88 Å². The summed E-state index contributed by atoms with van der Waals surface area (Å²) in [6.07, 6.45) is 0. The van der Waals surface area contributed by atoms with Crippen LogP contribution in [0.5, 0.6) is 0 Å². The minimum atomic E-state index is -1.04. The van der Waals surface area contributed by atoms with Crippen molar-refractivity contribution in [3.05, 3.63) is 93.7 Å². The van der Waals surface area contributed by atoms with E-state index in [-0.39, 0.29) is 11.9 Å². The van der Waals surface area contributed by atoms with Crippen molar-refractivity contribution in [3.63, 3.8) is 0 Å². The third kappa shape index (κ3) is 5.46. The molecule has 0 atom stereocenters. The molecular formula is C27H29N2O2S+. The van der Waals surface area contributed by atoms with Gasteiger partial charge in [-0.05, 0) is 26.0 Å². The Bertz CT molecular complexity index is 1060. The molecule has 0 aliphatic carbocycles. The largest absolute Gasteiger partial charge is 0.378 e. The first-order valence-corrected chi connectivity index (χ1v) is 11.8. The Morgan fingerprint density at radius 2 is 1.53 bits per heavy atom. The van der Waals surface area contributed by atoms with Crippen molar-refractivity contribution in [1.82, 2.24) is 4.90 Å². The number of carbonyl (C=O) groups is 1. The van der Waals surface area contributed by atoms with Gasteiger partial charge < -0.3 is 14.9 Å². The average molecular weight is 446 g/mol. The van der Waals surface area contributed by atoms with Gasteiger partial charge in [0.1, 0.15) is 11.6 Å². The van der Waals surface area contributed by atoms with Crippen LogP contribution in [0.2, 0.25) is 0 Å². The highest BCUT2D eigenvalue weighted by molar-refractivity contribution is 7.14. The molecule has 1 aliphatic heterocycles. The lowest BCUT2D eigenvalue weighted by Gasteiger charge is -2.37. The van der Waals surface area contributed by atoms with E-state index in [2.05, 4.69) is 72.5 Å². The van der Waals surface area contributed by atoms with Crippen molar-refractivity contribution in [2.24, 2.45) is 0 Å². The quantitative estimate of drug-likeness (QED) is 0.607. The number of thiophene rings is 1. The van der Waals surface area contributed by atoms with Crippen LogP contribution in [0, 0.1) is 11.8 Å². The van der Waals surface area contributed by atoms with Crippen molar-refractivity contribution in [3.8, 4) is 11.8 Å². The molecular weight excluding hydrogens is 416 g/mol. The first kappa shape index (κ1) is 22.3. The van der Waals surface area contributed by atoms with Gasteiger partial charge >= 0.3 is 0 Å². The van der Waals surface area contributed by atoms with E-state index in [9.17, 15) is 9.90 Å². The van der Waals surface area contributed by atoms with E-state index in [0.717, 1.165) is 31.1 Å². The number of carbonyl (C=O) groups excluding carboxylic acids is 1. The maximum atomic E-state index is 13.1. The zero-order valence-corrected chi connectivity index (χ0v) is 19.4. The molecule has 0 bridgehead atoms. The third-order valence-corrected chi connectivity index (χ3v) is 6.66. The van der Waals surface area contributed by atoms with E-state index < -0.39 is 5.60 Å². The summed E-state index contributed by atoms with van der Waals surface area (Å²) in [6.45, 7) is 6.56. The number of quaternary nitrogens is 1. The number of nitrogens with one attached hydrogen (secondary N) is 1. The van der Waals surface area contributed by atoms with E-state index in [1.807, 2.05) is 17.0 Å². The van der Waals surface area contributed by atoms with Crippen molar-refractivity contribution < 1.29 is 14.8 Å². The summed E-state index contributed by atoms with van der Waals surface area (Å²) in [6, 6.07) is 25.3. The Kier molecular flexibility index (Phi) is 6.76. The van der Waals surface area contributed by atoms with E-state index in [4.69, 9.17) is 0 Å². The Balaban J connectivity index is 1.45. The van der Waals surface area contributed by atoms with Crippen LogP contribution in [-0.4, -0.2) is 47.7 Å². The van der Waals surface area contributed by atoms with Gasteiger partial charge in [-0.15, -0.1) is 11.3 Å². The van der Waals surface area contributed by atoms with Crippen LogP contribution in [0.3, 0.4) is 0 Å². The molecule has 1 aliphatic rings. The Morgan fingerprint density at radius 1 is 0.969 bits per heavy atom. The predicted molar refractivity (Wildman–Crippen MR) is 129 cm³/mol. The van der Waals surface area contributed by atoms with Crippen LogP contribution in [0.15, 0.2) is 72.8 Å². The zero-order chi connectivity index (χ0) is 22.6. The molecule has 2 N–H and O–H groups in total. The minimum absolute atomic E-state index is 0.0707. The van der Waals surface area contributed by atoms with Gasteiger partial charge in [-0.1, -0.05) is 72.5 Å². The molecule has 164 valence electrons. The molecule has 1 saturated heterocycles. The number of aliphatic hydroxyl groups is 1. The van der Waals surface area contributed by atoms with Crippen LogP contribution in [-0.2, 0) is 0 Å². The summed E-state index contributed by atoms with van der Waals surface area (Å²) in [7, 11) is 0. The van der Waals surface area contributed by atoms with Gasteiger partial charge in [0.15, 0.2) is 0 Å². The second kappa shape index (κ2) is 9.70.